The Morgan fingerprint density at radius 1 is 1.35 bits per heavy atom. The fourth-order valence-electron chi connectivity index (χ4n) is 3.01. The zero-order valence-electron chi connectivity index (χ0n) is 13.3. The second-order valence-corrected chi connectivity index (χ2v) is 6.86. The maximum atomic E-state index is 9.18. The highest BCUT2D eigenvalue weighted by molar-refractivity contribution is 6.36. The van der Waals surface area contributed by atoms with E-state index in [4.69, 9.17) is 28.2 Å². The molecule has 1 aliphatic heterocycles. The minimum Gasteiger partial charge on any atom is -0.306 e. The van der Waals surface area contributed by atoms with E-state index in [1.165, 1.54) is 0 Å². The number of aromatic nitrogens is 2. The number of halogens is 2. The van der Waals surface area contributed by atoms with Gasteiger partial charge in [-0.3, -0.25) is 0 Å². The molecule has 0 bridgehead atoms. The van der Waals surface area contributed by atoms with Crippen LogP contribution >= 0.6 is 23.2 Å². The molecule has 3 nitrogen and oxygen atoms in total. The Hall–Kier alpha value is -1.76. The third-order valence-corrected chi connectivity index (χ3v) is 5.27. The molecule has 1 atom stereocenters. The second-order valence-electron chi connectivity index (χ2n) is 6.08. The highest BCUT2D eigenvalue weighted by atomic mass is 35.5. The van der Waals surface area contributed by atoms with Crippen molar-refractivity contribution < 1.29 is 0 Å². The van der Waals surface area contributed by atoms with E-state index in [2.05, 4.69) is 13.0 Å². The van der Waals surface area contributed by atoms with Crippen LogP contribution in [0.2, 0.25) is 10.0 Å². The van der Waals surface area contributed by atoms with Crippen LogP contribution in [0.15, 0.2) is 17.7 Å². The minimum atomic E-state index is 0.227. The number of imidazole rings is 1. The summed E-state index contributed by atoms with van der Waals surface area (Å²) in [4.78, 5) is 4.80. The van der Waals surface area contributed by atoms with Gasteiger partial charge in [0.05, 0.1) is 11.8 Å². The summed E-state index contributed by atoms with van der Waals surface area (Å²) in [5.74, 6) is 1.22. The van der Waals surface area contributed by atoms with Gasteiger partial charge < -0.3 is 4.57 Å². The first-order valence-corrected chi connectivity index (χ1v) is 8.29. The van der Waals surface area contributed by atoms with E-state index in [1.807, 2.05) is 36.7 Å². The fraction of sp³-hybridized carbons (Fsp3) is 0.333. The van der Waals surface area contributed by atoms with Gasteiger partial charge in [0.25, 0.3) is 0 Å². The van der Waals surface area contributed by atoms with Crippen molar-refractivity contribution in [3.05, 3.63) is 56.1 Å². The Bertz CT molecular complexity index is 856. The molecule has 0 saturated heterocycles. The first-order valence-electron chi connectivity index (χ1n) is 7.54. The first-order chi connectivity index (χ1) is 10.9. The lowest BCUT2D eigenvalue weighted by molar-refractivity contribution is 0.670. The predicted molar refractivity (Wildman–Crippen MR) is 93.9 cm³/mol. The Labute approximate surface area is 146 Å². The van der Waals surface area contributed by atoms with E-state index in [1.54, 1.807) is 0 Å². The summed E-state index contributed by atoms with van der Waals surface area (Å²) >= 11 is 12.8. The molecule has 5 heteroatoms. The topological polar surface area (TPSA) is 41.6 Å². The highest BCUT2D eigenvalue weighted by Crippen LogP contribution is 2.34. The molecule has 1 unspecified atom stereocenters. The number of fused-ring (bicyclic) bond motifs is 1. The number of hydrogen-bond donors (Lipinski definition) is 0. The van der Waals surface area contributed by atoms with Gasteiger partial charge in [-0.2, -0.15) is 5.26 Å². The van der Waals surface area contributed by atoms with E-state index < -0.39 is 0 Å². The largest absolute Gasteiger partial charge is 0.306 e. The Morgan fingerprint density at radius 3 is 2.78 bits per heavy atom. The monoisotopic (exact) mass is 345 g/mol. The molecule has 0 saturated carbocycles. The van der Waals surface area contributed by atoms with Crippen molar-refractivity contribution in [2.75, 3.05) is 0 Å². The normalized spacial score (nSPS) is 16.7. The van der Waals surface area contributed by atoms with Gasteiger partial charge in [-0.25, -0.2) is 4.98 Å². The number of benzene rings is 1. The first kappa shape index (κ1) is 16.1. The van der Waals surface area contributed by atoms with Crippen molar-refractivity contribution in [3.63, 3.8) is 0 Å². The lowest BCUT2D eigenvalue weighted by Crippen LogP contribution is -2.10. The SMILES string of the molecule is Cc1ccc(Cl)c(Cc2nc3n(c2C)C=C(C#N)CC3C)c1Cl. The fourth-order valence-corrected chi connectivity index (χ4v) is 3.51. The van der Waals surface area contributed by atoms with Crippen LogP contribution in [0.5, 0.6) is 0 Å². The number of hydrogen-bond acceptors (Lipinski definition) is 2. The smallest absolute Gasteiger partial charge is 0.116 e. The van der Waals surface area contributed by atoms with Crippen LogP contribution in [0.1, 0.15) is 47.6 Å². The molecule has 0 aliphatic carbocycles. The van der Waals surface area contributed by atoms with Crippen LogP contribution in [0.4, 0.5) is 0 Å². The van der Waals surface area contributed by atoms with Crippen molar-refractivity contribution in [2.45, 2.75) is 39.5 Å². The molecule has 23 heavy (non-hydrogen) atoms. The molecule has 0 amide bonds. The lowest BCUT2D eigenvalue weighted by Gasteiger charge is -2.17. The number of nitriles is 1. The van der Waals surface area contributed by atoms with Crippen LogP contribution in [-0.2, 0) is 6.42 Å². The van der Waals surface area contributed by atoms with Gasteiger partial charge in [-0.1, -0.05) is 36.2 Å². The standard InChI is InChI=1S/C18H17Cl2N3/c1-10-4-5-15(19)14(17(10)20)7-16-12(3)23-9-13(8-21)6-11(2)18(23)22-16/h4-5,9,11H,6-7H2,1-3H3. The van der Waals surface area contributed by atoms with Gasteiger partial charge in [0, 0.05) is 39.9 Å². The molecule has 0 fully saturated rings. The zero-order valence-corrected chi connectivity index (χ0v) is 14.8. The molecule has 0 radical (unpaired) electrons. The Balaban J connectivity index is 2.07. The van der Waals surface area contributed by atoms with Gasteiger partial charge in [0.1, 0.15) is 5.82 Å². The predicted octanol–water partition coefficient (Wildman–Crippen LogP) is 5.27. The average molecular weight is 346 g/mol. The van der Waals surface area contributed by atoms with Crippen LogP contribution < -0.4 is 0 Å². The van der Waals surface area contributed by atoms with Crippen molar-refractivity contribution in [1.29, 1.82) is 5.26 Å². The van der Waals surface area contributed by atoms with E-state index >= 15 is 0 Å². The zero-order chi connectivity index (χ0) is 16.7. The summed E-state index contributed by atoms with van der Waals surface area (Å²) < 4.78 is 2.03. The molecule has 1 aromatic carbocycles. The van der Waals surface area contributed by atoms with Gasteiger partial charge in [-0.15, -0.1) is 0 Å². The van der Waals surface area contributed by atoms with Crippen LogP contribution in [-0.4, -0.2) is 9.55 Å². The molecule has 3 rings (SSSR count). The van der Waals surface area contributed by atoms with Gasteiger partial charge in [0.15, 0.2) is 0 Å². The van der Waals surface area contributed by atoms with Crippen LogP contribution in [0.3, 0.4) is 0 Å². The van der Waals surface area contributed by atoms with Crippen molar-refractivity contribution in [3.8, 4) is 6.07 Å². The van der Waals surface area contributed by atoms with E-state index in [0.29, 0.717) is 16.5 Å². The Morgan fingerprint density at radius 2 is 2.09 bits per heavy atom. The summed E-state index contributed by atoms with van der Waals surface area (Å²) in [6, 6.07) is 6.05. The highest BCUT2D eigenvalue weighted by Gasteiger charge is 2.24. The molecular weight excluding hydrogens is 329 g/mol. The maximum Gasteiger partial charge on any atom is 0.116 e. The van der Waals surface area contributed by atoms with E-state index in [0.717, 1.165) is 40.3 Å². The second kappa shape index (κ2) is 6.03. The van der Waals surface area contributed by atoms with Crippen molar-refractivity contribution >= 4 is 29.4 Å². The van der Waals surface area contributed by atoms with Crippen LogP contribution in [0, 0.1) is 25.2 Å². The lowest BCUT2D eigenvalue weighted by atomic mass is 9.99. The number of rotatable bonds is 2. The van der Waals surface area contributed by atoms with E-state index in [9.17, 15) is 5.26 Å². The van der Waals surface area contributed by atoms with Gasteiger partial charge in [-0.05, 0) is 37.5 Å². The third-order valence-electron chi connectivity index (χ3n) is 4.39. The maximum absolute atomic E-state index is 9.18. The number of nitrogens with zero attached hydrogens (tertiary/aromatic N) is 3. The average Bonchev–Trinajstić information content (AvgIpc) is 2.85. The van der Waals surface area contributed by atoms with Crippen molar-refractivity contribution in [1.82, 2.24) is 9.55 Å². The Kier molecular flexibility index (Phi) is 4.23. The summed E-state index contributed by atoms with van der Waals surface area (Å²) in [7, 11) is 0. The van der Waals surface area contributed by atoms with Crippen molar-refractivity contribution in [2.24, 2.45) is 0 Å². The molecular formula is C18H17Cl2N3. The van der Waals surface area contributed by atoms with Crippen LogP contribution in [0.25, 0.3) is 6.20 Å². The molecule has 2 aromatic rings. The molecule has 1 aliphatic rings. The summed E-state index contributed by atoms with van der Waals surface area (Å²) in [5.41, 5.74) is 4.69. The number of allylic oxidation sites excluding steroid dienone is 1. The summed E-state index contributed by atoms with van der Waals surface area (Å²) in [5, 5.41) is 10.5. The summed E-state index contributed by atoms with van der Waals surface area (Å²) in [6.45, 7) is 6.09. The van der Waals surface area contributed by atoms with Gasteiger partial charge >= 0.3 is 0 Å². The number of aryl methyl sites for hydroxylation is 1. The third kappa shape index (κ3) is 2.78. The minimum absolute atomic E-state index is 0.227. The molecule has 0 spiro atoms. The quantitative estimate of drug-likeness (QED) is 0.743. The molecule has 1 aromatic heterocycles. The summed E-state index contributed by atoms with van der Waals surface area (Å²) in [6.07, 6.45) is 3.21. The molecule has 0 N–H and O–H groups in total. The molecule has 118 valence electrons. The van der Waals surface area contributed by atoms with E-state index in [-0.39, 0.29) is 5.92 Å². The van der Waals surface area contributed by atoms with Gasteiger partial charge in [0.2, 0.25) is 0 Å². The molecule has 2 heterocycles.